The van der Waals surface area contributed by atoms with Gasteiger partial charge in [-0.2, -0.15) is 0 Å². The molecule has 1 unspecified atom stereocenters. The fourth-order valence-electron chi connectivity index (χ4n) is 1.98. The summed E-state index contributed by atoms with van der Waals surface area (Å²) in [7, 11) is 0. The van der Waals surface area contributed by atoms with E-state index < -0.39 is 18.1 Å². The van der Waals surface area contributed by atoms with Crippen LogP contribution in [0.3, 0.4) is 0 Å². The van der Waals surface area contributed by atoms with Crippen LogP contribution in [0.1, 0.15) is 25.7 Å². The van der Waals surface area contributed by atoms with Gasteiger partial charge in [-0.25, -0.2) is 9.59 Å². The number of carboxylic acids is 1. The first-order valence-electron chi connectivity index (χ1n) is 5.42. The van der Waals surface area contributed by atoms with Crippen molar-refractivity contribution >= 4 is 12.1 Å². The van der Waals surface area contributed by atoms with Crippen LogP contribution in [0.15, 0.2) is 12.7 Å². The third kappa shape index (κ3) is 3.56. The standard InChI is InChI=1S/C11H17NO4/c1-2-7-16-11(15)12-9(10(13)14)8-5-3-4-6-8/h2,8-9H,1,3-7H2,(H,12,15)(H,13,14). The van der Waals surface area contributed by atoms with Crippen LogP contribution in [0.25, 0.3) is 0 Å². The van der Waals surface area contributed by atoms with Gasteiger partial charge in [-0.3, -0.25) is 0 Å². The molecule has 1 aliphatic rings. The summed E-state index contributed by atoms with van der Waals surface area (Å²) in [6.07, 6.45) is 4.48. The second-order valence-electron chi connectivity index (χ2n) is 3.89. The Morgan fingerprint density at radius 2 is 2.12 bits per heavy atom. The van der Waals surface area contributed by atoms with Crippen LogP contribution in [-0.4, -0.2) is 29.8 Å². The molecule has 0 saturated heterocycles. The molecule has 5 heteroatoms. The van der Waals surface area contributed by atoms with E-state index in [2.05, 4.69) is 11.9 Å². The molecule has 5 nitrogen and oxygen atoms in total. The lowest BCUT2D eigenvalue weighted by Gasteiger charge is -2.19. The molecule has 1 saturated carbocycles. The van der Waals surface area contributed by atoms with Crippen LogP contribution in [-0.2, 0) is 9.53 Å². The highest BCUT2D eigenvalue weighted by molar-refractivity contribution is 5.80. The third-order valence-electron chi connectivity index (χ3n) is 2.74. The van der Waals surface area contributed by atoms with Crippen molar-refractivity contribution < 1.29 is 19.4 Å². The maximum absolute atomic E-state index is 11.2. The Morgan fingerprint density at radius 3 is 2.62 bits per heavy atom. The average Bonchev–Trinajstić information content (AvgIpc) is 2.75. The topological polar surface area (TPSA) is 75.6 Å². The number of hydrogen-bond acceptors (Lipinski definition) is 3. The molecule has 1 amide bonds. The molecule has 1 aliphatic carbocycles. The molecule has 0 spiro atoms. The van der Waals surface area contributed by atoms with Crippen LogP contribution >= 0.6 is 0 Å². The van der Waals surface area contributed by atoms with E-state index in [-0.39, 0.29) is 12.5 Å². The Bertz CT molecular complexity index is 271. The first-order valence-corrected chi connectivity index (χ1v) is 5.42. The van der Waals surface area contributed by atoms with Crippen molar-refractivity contribution in [3.8, 4) is 0 Å². The molecule has 1 rings (SSSR count). The lowest BCUT2D eigenvalue weighted by atomic mass is 9.98. The summed E-state index contributed by atoms with van der Waals surface area (Å²) in [5.74, 6) is -0.976. The lowest BCUT2D eigenvalue weighted by Crippen LogP contribution is -2.45. The number of alkyl carbamates (subject to hydrolysis) is 1. The molecule has 16 heavy (non-hydrogen) atoms. The molecular formula is C11H17NO4. The maximum atomic E-state index is 11.2. The Kier molecular flexibility index (Phi) is 4.82. The van der Waals surface area contributed by atoms with Gasteiger partial charge in [-0.05, 0) is 18.8 Å². The Hall–Kier alpha value is -1.52. The van der Waals surface area contributed by atoms with E-state index in [0.29, 0.717) is 0 Å². The Labute approximate surface area is 94.5 Å². The van der Waals surface area contributed by atoms with Gasteiger partial charge < -0.3 is 15.2 Å². The van der Waals surface area contributed by atoms with Gasteiger partial charge in [0.05, 0.1) is 0 Å². The molecule has 0 aromatic rings. The van der Waals surface area contributed by atoms with Crippen LogP contribution in [0.4, 0.5) is 4.79 Å². The van der Waals surface area contributed by atoms with E-state index in [0.717, 1.165) is 25.7 Å². The maximum Gasteiger partial charge on any atom is 0.408 e. The van der Waals surface area contributed by atoms with Gasteiger partial charge in [0.25, 0.3) is 0 Å². The minimum Gasteiger partial charge on any atom is -0.480 e. The summed E-state index contributed by atoms with van der Waals surface area (Å²) < 4.78 is 4.70. The van der Waals surface area contributed by atoms with Crippen molar-refractivity contribution in [3.63, 3.8) is 0 Å². The molecule has 90 valence electrons. The molecule has 1 fully saturated rings. The molecule has 0 heterocycles. The molecule has 0 aromatic heterocycles. The van der Waals surface area contributed by atoms with Crippen molar-refractivity contribution in [1.82, 2.24) is 5.32 Å². The summed E-state index contributed by atoms with van der Waals surface area (Å²) in [5, 5.41) is 11.4. The Balaban J connectivity index is 2.47. The van der Waals surface area contributed by atoms with Crippen molar-refractivity contribution in [2.75, 3.05) is 6.61 Å². The summed E-state index contributed by atoms with van der Waals surface area (Å²) in [4.78, 5) is 22.2. The van der Waals surface area contributed by atoms with E-state index in [9.17, 15) is 9.59 Å². The van der Waals surface area contributed by atoms with Gasteiger partial charge in [0.15, 0.2) is 0 Å². The fraction of sp³-hybridized carbons (Fsp3) is 0.636. The SMILES string of the molecule is C=CCOC(=O)NC(C(=O)O)C1CCCC1. The zero-order valence-electron chi connectivity index (χ0n) is 9.15. The molecule has 0 bridgehead atoms. The normalized spacial score (nSPS) is 17.8. The van der Waals surface area contributed by atoms with E-state index in [1.807, 2.05) is 0 Å². The third-order valence-corrected chi connectivity index (χ3v) is 2.74. The summed E-state index contributed by atoms with van der Waals surface area (Å²) in [5.41, 5.74) is 0. The van der Waals surface area contributed by atoms with E-state index in [1.54, 1.807) is 0 Å². The number of nitrogens with one attached hydrogen (secondary N) is 1. The number of amides is 1. The summed E-state index contributed by atoms with van der Waals surface area (Å²) in [6.45, 7) is 3.49. The summed E-state index contributed by atoms with van der Waals surface area (Å²) in [6, 6.07) is -0.834. The highest BCUT2D eigenvalue weighted by atomic mass is 16.5. The quantitative estimate of drug-likeness (QED) is 0.698. The van der Waals surface area contributed by atoms with Crippen LogP contribution in [0.2, 0.25) is 0 Å². The number of carbonyl (C=O) groups is 2. The van der Waals surface area contributed by atoms with Gasteiger partial charge in [-0.15, -0.1) is 0 Å². The van der Waals surface area contributed by atoms with E-state index in [4.69, 9.17) is 9.84 Å². The van der Waals surface area contributed by atoms with Crippen LogP contribution in [0, 0.1) is 5.92 Å². The first kappa shape index (κ1) is 12.5. The summed E-state index contributed by atoms with van der Waals surface area (Å²) >= 11 is 0. The molecule has 1 atom stereocenters. The number of carboxylic acid groups (broad SMARTS) is 1. The number of rotatable bonds is 5. The minimum absolute atomic E-state index is 0.0220. The predicted octanol–water partition coefficient (Wildman–Crippen LogP) is 1.54. The predicted molar refractivity (Wildman–Crippen MR) is 58.1 cm³/mol. The Morgan fingerprint density at radius 1 is 1.50 bits per heavy atom. The van der Waals surface area contributed by atoms with E-state index >= 15 is 0 Å². The van der Waals surface area contributed by atoms with Crippen molar-refractivity contribution in [2.24, 2.45) is 5.92 Å². The second-order valence-corrected chi connectivity index (χ2v) is 3.89. The molecule has 0 aromatic carbocycles. The van der Waals surface area contributed by atoms with E-state index in [1.165, 1.54) is 6.08 Å². The zero-order valence-corrected chi connectivity index (χ0v) is 9.15. The number of aliphatic carboxylic acids is 1. The monoisotopic (exact) mass is 227 g/mol. The van der Waals surface area contributed by atoms with Crippen molar-refractivity contribution in [2.45, 2.75) is 31.7 Å². The molecule has 0 aliphatic heterocycles. The average molecular weight is 227 g/mol. The lowest BCUT2D eigenvalue weighted by molar-refractivity contribution is -0.140. The smallest absolute Gasteiger partial charge is 0.408 e. The van der Waals surface area contributed by atoms with Gasteiger partial charge >= 0.3 is 12.1 Å². The van der Waals surface area contributed by atoms with Crippen LogP contribution < -0.4 is 5.32 Å². The number of carbonyl (C=O) groups excluding carboxylic acids is 1. The van der Waals surface area contributed by atoms with Gasteiger partial charge in [-0.1, -0.05) is 25.5 Å². The van der Waals surface area contributed by atoms with Crippen LogP contribution in [0.5, 0.6) is 0 Å². The van der Waals surface area contributed by atoms with Crippen molar-refractivity contribution in [3.05, 3.63) is 12.7 Å². The molecular weight excluding hydrogens is 210 g/mol. The molecule has 2 N–H and O–H groups in total. The second kappa shape index (κ2) is 6.15. The minimum atomic E-state index is -0.998. The van der Waals surface area contributed by atoms with Crippen molar-refractivity contribution in [1.29, 1.82) is 0 Å². The number of hydrogen-bond donors (Lipinski definition) is 2. The molecule has 0 radical (unpaired) electrons. The highest BCUT2D eigenvalue weighted by Gasteiger charge is 2.32. The van der Waals surface area contributed by atoms with Gasteiger partial charge in [0.2, 0.25) is 0 Å². The first-order chi connectivity index (χ1) is 7.65. The fourth-order valence-corrected chi connectivity index (χ4v) is 1.98. The number of ether oxygens (including phenoxy) is 1. The highest BCUT2D eigenvalue weighted by Crippen LogP contribution is 2.27. The van der Waals surface area contributed by atoms with Gasteiger partial charge in [0, 0.05) is 0 Å². The largest absolute Gasteiger partial charge is 0.480 e. The zero-order chi connectivity index (χ0) is 12.0. The van der Waals surface area contributed by atoms with Gasteiger partial charge in [0.1, 0.15) is 12.6 Å².